The van der Waals surface area contributed by atoms with Crippen LogP contribution >= 0.6 is 0 Å². The number of cyclic esters (lactones) is 1. The fraction of sp³-hybridized carbons (Fsp3) is 0.680. The summed E-state index contributed by atoms with van der Waals surface area (Å²) in [5.74, 6) is -2.12. The Bertz CT molecular complexity index is 915. The minimum atomic E-state index is -4.73. The molecule has 0 aromatic heterocycles. The molecule has 1 aliphatic carbocycles. The lowest BCUT2D eigenvalue weighted by Gasteiger charge is -2.43. The molecule has 1 aromatic carbocycles. The largest absolute Gasteiger partial charge is 0.573 e. The van der Waals surface area contributed by atoms with Crippen LogP contribution in [-0.2, 0) is 19.1 Å². The number of halogens is 3. The minimum absolute atomic E-state index is 0.0994. The maximum absolute atomic E-state index is 13.8. The normalized spacial score (nSPS) is 26.1. The molecule has 3 aliphatic rings. The van der Waals surface area contributed by atoms with E-state index in [1.165, 1.54) is 12.1 Å². The maximum atomic E-state index is 13.8. The van der Waals surface area contributed by atoms with Crippen LogP contribution in [0.1, 0.15) is 52.9 Å². The zero-order valence-electron chi connectivity index (χ0n) is 20.3. The molecular weight excluding hydrogens is 465 g/mol. The number of ether oxygens (including phenoxy) is 3. The van der Waals surface area contributed by atoms with E-state index in [1.807, 2.05) is 11.8 Å². The molecule has 10 heteroatoms. The lowest BCUT2D eigenvalue weighted by Crippen LogP contribution is -2.57. The Hall–Kier alpha value is -2.49. The molecule has 0 radical (unpaired) electrons. The fourth-order valence-corrected chi connectivity index (χ4v) is 5.47. The van der Waals surface area contributed by atoms with Gasteiger partial charge in [0.2, 0.25) is 11.7 Å². The van der Waals surface area contributed by atoms with Crippen molar-refractivity contribution in [1.29, 1.82) is 0 Å². The van der Waals surface area contributed by atoms with E-state index in [0.717, 1.165) is 31.4 Å². The van der Waals surface area contributed by atoms with Crippen molar-refractivity contribution in [2.75, 3.05) is 24.5 Å². The molecule has 0 N–H and O–H groups in total. The predicted molar refractivity (Wildman–Crippen MR) is 122 cm³/mol. The van der Waals surface area contributed by atoms with E-state index in [-0.39, 0.29) is 17.7 Å². The number of amides is 1. The highest BCUT2D eigenvalue weighted by Crippen LogP contribution is 2.37. The van der Waals surface area contributed by atoms with Crippen LogP contribution in [0.15, 0.2) is 24.3 Å². The van der Waals surface area contributed by atoms with Gasteiger partial charge in [0.15, 0.2) is 6.10 Å². The van der Waals surface area contributed by atoms with Gasteiger partial charge in [-0.05, 0) is 43.5 Å². The first-order chi connectivity index (χ1) is 16.4. The third-order valence-electron chi connectivity index (χ3n) is 7.08. The van der Waals surface area contributed by atoms with Crippen LogP contribution in [-0.4, -0.2) is 60.7 Å². The Morgan fingerprint density at radius 2 is 1.83 bits per heavy atom. The zero-order valence-corrected chi connectivity index (χ0v) is 20.3. The van der Waals surface area contributed by atoms with Gasteiger partial charge >= 0.3 is 12.3 Å². The summed E-state index contributed by atoms with van der Waals surface area (Å²) in [4.78, 5) is 30.2. The van der Waals surface area contributed by atoms with Crippen molar-refractivity contribution in [3.63, 3.8) is 0 Å². The van der Waals surface area contributed by atoms with Gasteiger partial charge in [-0.2, -0.15) is 0 Å². The molecule has 4 rings (SSSR count). The third-order valence-corrected chi connectivity index (χ3v) is 7.08. The Labute approximate surface area is 203 Å². The van der Waals surface area contributed by atoms with Crippen molar-refractivity contribution in [3.8, 4) is 5.75 Å². The SMILES string of the molecule is C[C@@H]1CN(c2ccc(OC(F)(F)F)cc2)CCN1C(=O)[C@@H](CC1CCCC1)[C@@H]1OC(C)(C)OC1=O. The van der Waals surface area contributed by atoms with Crippen molar-refractivity contribution in [2.24, 2.45) is 11.8 Å². The minimum Gasteiger partial charge on any atom is -0.432 e. The number of alkyl halides is 3. The van der Waals surface area contributed by atoms with Crippen LogP contribution in [0.3, 0.4) is 0 Å². The average molecular weight is 499 g/mol. The molecule has 3 fully saturated rings. The van der Waals surface area contributed by atoms with E-state index >= 15 is 0 Å². The van der Waals surface area contributed by atoms with E-state index in [2.05, 4.69) is 4.74 Å². The van der Waals surface area contributed by atoms with Crippen LogP contribution in [0.5, 0.6) is 5.75 Å². The molecule has 35 heavy (non-hydrogen) atoms. The monoisotopic (exact) mass is 498 g/mol. The highest BCUT2D eigenvalue weighted by molar-refractivity contribution is 5.88. The first-order valence-corrected chi connectivity index (χ1v) is 12.2. The Kier molecular flexibility index (Phi) is 7.22. The summed E-state index contributed by atoms with van der Waals surface area (Å²) in [5.41, 5.74) is 0.755. The number of carbonyl (C=O) groups is 2. The molecule has 1 saturated carbocycles. The van der Waals surface area contributed by atoms with Gasteiger partial charge < -0.3 is 24.0 Å². The van der Waals surface area contributed by atoms with Gasteiger partial charge in [-0.3, -0.25) is 4.79 Å². The molecule has 2 heterocycles. The van der Waals surface area contributed by atoms with E-state index < -0.39 is 30.1 Å². The lowest BCUT2D eigenvalue weighted by atomic mass is 9.87. The second-order valence-electron chi connectivity index (χ2n) is 10.2. The summed E-state index contributed by atoms with van der Waals surface area (Å²) in [7, 11) is 0. The van der Waals surface area contributed by atoms with Crippen LogP contribution in [0.25, 0.3) is 0 Å². The van der Waals surface area contributed by atoms with Crippen molar-refractivity contribution in [2.45, 2.75) is 77.2 Å². The summed E-state index contributed by atoms with van der Waals surface area (Å²) in [5, 5.41) is 0. The smallest absolute Gasteiger partial charge is 0.432 e. The molecule has 194 valence electrons. The van der Waals surface area contributed by atoms with Crippen molar-refractivity contribution in [1.82, 2.24) is 4.90 Å². The number of piperazine rings is 1. The van der Waals surface area contributed by atoms with Gasteiger partial charge in [0, 0.05) is 45.2 Å². The number of rotatable bonds is 6. The number of nitrogens with zero attached hydrogens (tertiary/aromatic N) is 2. The molecule has 0 spiro atoms. The molecule has 1 amide bonds. The topological polar surface area (TPSA) is 68.3 Å². The predicted octanol–water partition coefficient (Wildman–Crippen LogP) is 4.50. The Balaban J connectivity index is 1.44. The first kappa shape index (κ1) is 25.6. The molecular formula is C25H33F3N2O5. The molecule has 2 saturated heterocycles. The Morgan fingerprint density at radius 3 is 2.37 bits per heavy atom. The third kappa shape index (κ3) is 6.20. The quantitative estimate of drug-likeness (QED) is 0.538. The second-order valence-corrected chi connectivity index (χ2v) is 10.2. The number of esters is 1. The van der Waals surface area contributed by atoms with E-state index in [4.69, 9.17) is 9.47 Å². The van der Waals surface area contributed by atoms with E-state index in [9.17, 15) is 22.8 Å². The summed E-state index contributed by atoms with van der Waals surface area (Å²) in [6, 6.07) is 5.58. The van der Waals surface area contributed by atoms with Crippen LogP contribution in [0, 0.1) is 11.8 Å². The lowest BCUT2D eigenvalue weighted by molar-refractivity contribution is -0.274. The number of carbonyl (C=O) groups excluding carboxylic acids is 2. The van der Waals surface area contributed by atoms with Gasteiger partial charge in [-0.15, -0.1) is 13.2 Å². The summed E-state index contributed by atoms with van der Waals surface area (Å²) < 4.78 is 52.5. The molecule has 0 bridgehead atoms. The molecule has 1 aromatic rings. The highest BCUT2D eigenvalue weighted by Gasteiger charge is 2.49. The molecule has 0 unspecified atom stereocenters. The summed E-state index contributed by atoms with van der Waals surface area (Å²) in [6.45, 7) is 6.77. The van der Waals surface area contributed by atoms with Gasteiger partial charge in [0.25, 0.3) is 0 Å². The Morgan fingerprint density at radius 1 is 1.17 bits per heavy atom. The van der Waals surface area contributed by atoms with Crippen molar-refractivity contribution < 1.29 is 37.0 Å². The van der Waals surface area contributed by atoms with Gasteiger partial charge in [0.1, 0.15) is 5.75 Å². The highest BCUT2D eigenvalue weighted by atomic mass is 19.4. The molecule has 7 nitrogen and oxygen atoms in total. The molecule has 2 aliphatic heterocycles. The summed E-state index contributed by atoms with van der Waals surface area (Å²) in [6.07, 6.45) is -0.684. The van der Waals surface area contributed by atoms with E-state index in [1.54, 1.807) is 30.9 Å². The van der Waals surface area contributed by atoms with Crippen molar-refractivity contribution >= 4 is 17.6 Å². The van der Waals surface area contributed by atoms with Crippen LogP contribution in [0.2, 0.25) is 0 Å². The second kappa shape index (κ2) is 9.87. The fourth-order valence-electron chi connectivity index (χ4n) is 5.47. The maximum Gasteiger partial charge on any atom is 0.573 e. The first-order valence-electron chi connectivity index (χ1n) is 12.2. The van der Waals surface area contributed by atoms with Crippen molar-refractivity contribution in [3.05, 3.63) is 24.3 Å². The van der Waals surface area contributed by atoms with Crippen LogP contribution < -0.4 is 9.64 Å². The van der Waals surface area contributed by atoms with Gasteiger partial charge in [0.05, 0.1) is 5.92 Å². The van der Waals surface area contributed by atoms with Crippen LogP contribution in [0.4, 0.5) is 18.9 Å². The number of benzene rings is 1. The van der Waals surface area contributed by atoms with E-state index in [0.29, 0.717) is 32.0 Å². The standard InChI is InChI=1S/C25H33F3N2O5/c1-16-15-29(18-8-10-19(11-9-18)33-25(26,27)28)12-13-30(16)22(31)20(14-17-6-4-5-7-17)21-23(32)35-24(2,3)34-21/h8-11,16-17,20-21H,4-7,12-15H2,1-3H3/t16-,20+,21+/m1/s1. The summed E-state index contributed by atoms with van der Waals surface area (Å²) >= 11 is 0. The average Bonchev–Trinajstić information content (AvgIpc) is 3.37. The number of anilines is 1. The van der Waals surface area contributed by atoms with Gasteiger partial charge in [-0.25, -0.2) is 4.79 Å². The zero-order chi connectivity index (χ0) is 25.4. The number of hydrogen-bond donors (Lipinski definition) is 0. The van der Waals surface area contributed by atoms with Gasteiger partial charge in [-0.1, -0.05) is 25.7 Å². The number of hydrogen-bond acceptors (Lipinski definition) is 6. The molecule has 3 atom stereocenters.